The number of nitrogens with zero attached hydrogens (tertiary/aromatic N) is 4. The van der Waals surface area contributed by atoms with Gasteiger partial charge in [-0.05, 0) is 52.0 Å². The molecule has 0 spiro atoms. The fourth-order valence-corrected chi connectivity index (χ4v) is 5.05. The number of rotatable bonds is 11. The standard InChI is InChI=1S/C23H32N6O4S/c1-16(2)26-23-27-19(9-5-3-7-13-24-21-10-6-4-8-14-25-21)22(34-23)18-12-11-17(28(30)31)15-20(18)29(32)33/h11-12,15-16H,3-10,13-14H2,1-2H3,(H,24,25)(H,26,27). The molecule has 11 heteroatoms. The Morgan fingerprint density at radius 3 is 2.65 bits per heavy atom. The van der Waals surface area contributed by atoms with E-state index in [0.717, 1.165) is 56.4 Å². The SMILES string of the molecule is CC(C)Nc1nc(CCCCCNC2=NCCCCC2)c(-c2ccc([N+](=O)[O-])cc2[N+](=O)[O-])s1. The van der Waals surface area contributed by atoms with Gasteiger partial charge in [-0.25, -0.2) is 4.98 Å². The van der Waals surface area contributed by atoms with Crippen LogP contribution in [0.15, 0.2) is 23.2 Å². The number of amidine groups is 1. The van der Waals surface area contributed by atoms with E-state index in [2.05, 4.69) is 15.6 Å². The Morgan fingerprint density at radius 2 is 1.91 bits per heavy atom. The number of aliphatic imine (C=N–C) groups is 1. The maximum atomic E-state index is 11.7. The first-order valence-electron chi connectivity index (χ1n) is 11.8. The van der Waals surface area contributed by atoms with Crippen molar-refractivity contribution < 1.29 is 9.85 Å². The van der Waals surface area contributed by atoms with Crippen LogP contribution in [0.4, 0.5) is 16.5 Å². The van der Waals surface area contributed by atoms with Crippen LogP contribution in [0.25, 0.3) is 10.4 Å². The van der Waals surface area contributed by atoms with Crippen LogP contribution in [-0.4, -0.2) is 39.8 Å². The molecular formula is C23H32N6O4S. The summed E-state index contributed by atoms with van der Waals surface area (Å²) in [4.78, 5) is 31.6. The maximum Gasteiger partial charge on any atom is 0.284 e. The number of hydrogen-bond acceptors (Lipinski definition) is 9. The molecule has 34 heavy (non-hydrogen) atoms. The van der Waals surface area contributed by atoms with Crippen molar-refractivity contribution in [3.05, 3.63) is 44.1 Å². The molecule has 1 aromatic heterocycles. The van der Waals surface area contributed by atoms with Gasteiger partial charge >= 0.3 is 0 Å². The molecule has 0 saturated carbocycles. The first-order valence-corrected chi connectivity index (χ1v) is 12.6. The predicted molar refractivity (Wildman–Crippen MR) is 136 cm³/mol. The van der Waals surface area contributed by atoms with Gasteiger partial charge in [-0.15, -0.1) is 0 Å². The van der Waals surface area contributed by atoms with Gasteiger partial charge in [0, 0.05) is 31.6 Å². The Kier molecular flexibility index (Phi) is 9.32. The molecule has 0 unspecified atom stereocenters. The minimum atomic E-state index is -0.620. The van der Waals surface area contributed by atoms with Crippen LogP contribution in [0, 0.1) is 20.2 Å². The summed E-state index contributed by atoms with van der Waals surface area (Å²) in [5, 5.41) is 30.2. The summed E-state index contributed by atoms with van der Waals surface area (Å²) in [5.74, 6) is 1.12. The normalized spacial score (nSPS) is 13.9. The third kappa shape index (κ3) is 7.21. The average Bonchev–Trinajstić information content (AvgIpc) is 2.99. The lowest BCUT2D eigenvalue weighted by molar-refractivity contribution is -0.393. The minimum Gasteiger partial charge on any atom is -0.374 e. The van der Waals surface area contributed by atoms with Gasteiger partial charge in [0.2, 0.25) is 0 Å². The van der Waals surface area contributed by atoms with Crippen LogP contribution >= 0.6 is 11.3 Å². The Hall–Kier alpha value is -3.08. The van der Waals surface area contributed by atoms with Gasteiger partial charge < -0.3 is 10.6 Å². The van der Waals surface area contributed by atoms with Gasteiger partial charge in [-0.1, -0.05) is 24.2 Å². The third-order valence-corrected chi connectivity index (χ3v) is 6.60. The lowest BCUT2D eigenvalue weighted by Crippen LogP contribution is -2.24. The van der Waals surface area contributed by atoms with Crippen LogP contribution in [-0.2, 0) is 6.42 Å². The molecule has 0 saturated heterocycles. The zero-order valence-electron chi connectivity index (χ0n) is 19.7. The summed E-state index contributed by atoms with van der Waals surface area (Å²) >= 11 is 1.35. The molecule has 1 aliphatic rings. The van der Waals surface area contributed by atoms with E-state index in [4.69, 9.17) is 4.98 Å². The fourth-order valence-electron chi connectivity index (χ4n) is 3.86. The number of nitrogens with one attached hydrogen (secondary N) is 2. The third-order valence-electron chi connectivity index (χ3n) is 5.54. The predicted octanol–water partition coefficient (Wildman–Crippen LogP) is 5.72. The van der Waals surface area contributed by atoms with E-state index in [0.29, 0.717) is 22.0 Å². The Bertz CT molecular complexity index is 1040. The highest BCUT2D eigenvalue weighted by Gasteiger charge is 2.25. The van der Waals surface area contributed by atoms with E-state index in [1.807, 2.05) is 13.8 Å². The van der Waals surface area contributed by atoms with E-state index >= 15 is 0 Å². The van der Waals surface area contributed by atoms with Crippen molar-refractivity contribution in [2.75, 3.05) is 18.4 Å². The first kappa shape index (κ1) is 25.5. The van der Waals surface area contributed by atoms with E-state index in [1.165, 1.54) is 42.7 Å². The van der Waals surface area contributed by atoms with Gasteiger partial charge in [-0.3, -0.25) is 25.2 Å². The van der Waals surface area contributed by atoms with Crippen LogP contribution in [0.5, 0.6) is 0 Å². The van der Waals surface area contributed by atoms with Gasteiger partial charge in [-0.2, -0.15) is 0 Å². The smallest absolute Gasteiger partial charge is 0.284 e. The molecule has 0 aliphatic carbocycles. The second kappa shape index (κ2) is 12.4. The fraction of sp³-hybridized carbons (Fsp3) is 0.565. The van der Waals surface area contributed by atoms with Crippen molar-refractivity contribution in [1.29, 1.82) is 0 Å². The number of nitro benzene ring substituents is 2. The van der Waals surface area contributed by atoms with Gasteiger partial charge in [0.25, 0.3) is 11.4 Å². The summed E-state index contributed by atoms with van der Waals surface area (Å²) in [5.41, 5.74) is 0.579. The second-order valence-electron chi connectivity index (χ2n) is 8.69. The number of aromatic nitrogens is 1. The van der Waals surface area contributed by atoms with Crippen LogP contribution in [0.1, 0.15) is 64.5 Å². The maximum absolute atomic E-state index is 11.7. The Labute approximate surface area is 203 Å². The molecule has 0 amide bonds. The molecule has 2 N–H and O–H groups in total. The molecule has 10 nitrogen and oxygen atoms in total. The van der Waals surface area contributed by atoms with Crippen molar-refractivity contribution in [2.45, 2.75) is 71.3 Å². The zero-order valence-corrected chi connectivity index (χ0v) is 20.5. The van der Waals surface area contributed by atoms with Gasteiger partial charge in [0.1, 0.15) is 0 Å². The van der Waals surface area contributed by atoms with Crippen molar-refractivity contribution >= 4 is 33.7 Å². The monoisotopic (exact) mass is 488 g/mol. The quantitative estimate of drug-likeness (QED) is 0.234. The van der Waals surface area contributed by atoms with Crippen LogP contribution in [0.3, 0.4) is 0 Å². The number of thiazole rings is 1. The molecule has 184 valence electrons. The Morgan fingerprint density at radius 1 is 1.09 bits per heavy atom. The van der Waals surface area contributed by atoms with Gasteiger partial charge in [0.15, 0.2) is 5.13 Å². The number of nitro groups is 2. The Balaban J connectivity index is 1.69. The lowest BCUT2D eigenvalue weighted by Gasteiger charge is -2.08. The molecular weight excluding hydrogens is 456 g/mol. The molecule has 1 aliphatic heterocycles. The van der Waals surface area contributed by atoms with Gasteiger partial charge in [0.05, 0.1) is 37.9 Å². The first-order chi connectivity index (χ1) is 16.3. The van der Waals surface area contributed by atoms with E-state index in [1.54, 1.807) is 0 Å². The highest BCUT2D eigenvalue weighted by Crippen LogP contribution is 2.40. The van der Waals surface area contributed by atoms with E-state index in [-0.39, 0.29) is 17.4 Å². The summed E-state index contributed by atoms with van der Waals surface area (Å²) in [6.45, 7) is 5.80. The molecule has 3 rings (SSSR count). The molecule has 2 aromatic rings. The minimum absolute atomic E-state index is 0.164. The number of aryl methyl sites for hydroxylation is 1. The molecule has 2 heterocycles. The average molecular weight is 489 g/mol. The van der Waals surface area contributed by atoms with Crippen molar-refractivity contribution in [3.63, 3.8) is 0 Å². The van der Waals surface area contributed by atoms with E-state index < -0.39 is 9.85 Å². The largest absolute Gasteiger partial charge is 0.374 e. The summed E-state index contributed by atoms with van der Waals surface area (Å²) < 4.78 is 0. The molecule has 0 bridgehead atoms. The summed E-state index contributed by atoms with van der Waals surface area (Å²) in [7, 11) is 0. The topological polar surface area (TPSA) is 136 Å². The lowest BCUT2D eigenvalue weighted by atomic mass is 10.1. The number of hydrogen-bond donors (Lipinski definition) is 2. The highest BCUT2D eigenvalue weighted by molar-refractivity contribution is 7.19. The molecule has 0 atom stereocenters. The molecule has 0 radical (unpaired) electrons. The molecule has 0 fully saturated rings. The van der Waals surface area contributed by atoms with Crippen LogP contribution < -0.4 is 10.6 Å². The number of unbranched alkanes of at least 4 members (excludes halogenated alkanes) is 2. The number of non-ortho nitro benzene ring substituents is 1. The van der Waals surface area contributed by atoms with Crippen molar-refractivity contribution in [2.24, 2.45) is 4.99 Å². The summed E-state index contributed by atoms with van der Waals surface area (Å²) in [6.07, 6.45) is 8.21. The summed E-state index contributed by atoms with van der Waals surface area (Å²) in [6, 6.07) is 3.96. The van der Waals surface area contributed by atoms with Crippen LogP contribution in [0.2, 0.25) is 0 Å². The second-order valence-corrected chi connectivity index (χ2v) is 9.69. The number of benzene rings is 1. The van der Waals surface area contributed by atoms with Crippen molar-refractivity contribution in [3.8, 4) is 10.4 Å². The number of anilines is 1. The zero-order chi connectivity index (χ0) is 24.5. The highest BCUT2D eigenvalue weighted by atomic mass is 32.1. The van der Waals surface area contributed by atoms with E-state index in [9.17, 15) is 20.2 Å². The molecule has 1 aromatic carbocycles. The van der Waals surface area contributed by atoms with Crippen molar-refractivity contribution in [1.82, 2.24) is 10.3 Å².